The van der Waals surface area contributed by atoms with Crippen LogP contribution >= 0.6 is 0 Å². The molecule has 1 N–H and O–H groups in total. The van der Waals surface area contributed by atoms with E-state index in [4.69, 9.17) is 9.72 Å². The lowest BCUT2D eigenvalue weighted by atomic mass is 10.1. The number of methoxy groups -OCH3 is 1. The molecule has 1 amide bonds. The molecular weight excluding hydrogens is 386 g/mol. The van der Waals surface area contributed by atoms with Crippen LogP contribution in [-0.2, 0) is 6.42 Å². The SMILES string of the molecule is COc1ccccc1C(=O)NCCCc1nc2ccccc2n1C(C)c1ccccc1. The lowest BCUT2D eigenvalue weighted by Crippen LogP contribution is -2.25. The van der Waals surface area contributed by atoms with Gasteiger partial charge in [0.25, 0.3) is 5.91 Å². The minimum Gasteiger partial charge on any atom is -0.496 e. The fourth-order valence-electron chi connectivity index (χ4n) is 3.96. The van der Waals surface area contributed by atoms with Gasteiger partial charge in [-0.25, -0.2) is 4.98 Å². The molecule has 4 aromatic rings. The van der Waals surface area contributed by atoms with E-state index in [1.54, 1.807) is 19.2 Å². The van der Waals surface area contributed by atoms with Crippen LogP contribution in [0.3, 0.4) is 0 Å². The zero-order chi connectivity index (χ0) is 21.6. The molecule has 0 aliphatic heterocycles. The molecule has 0 radical (unpaired) electrons. The summed E-state index contributed by atoms with van der Waals surface area (Å²) in [5.74, 6) is 1.49. The van der Waals surface area contributed by atoms with Gasteiger partial charge in [0.05, 0.1) is 29.7 Å². The second-order valence-electron chi connectivity index (χ2n) is 7.53. The van der Waals surface area contributed by atoms with E-state index in [0.29, 0.717) is 17.9 Å². The fraction of sp³-hybridized carbons (Fsp3) is 0.231. The van der Waals surface area contributed by atoms with Gasteiger partial charge in [-0.3, -0.25) is 4.79 Å². The Hall–Kier alpha value is -3.60. The maximum Gasteiger partial charge on any atom is 0.255 e. The molecule has 158 valence electrons. The van der Waals surface area contributed by atoms with Crippen LogP contribution < -0.4 is 10.1 Å². The molecule has 5 heteroatoms. The molecule has 0 saturated carbocycles. The maximum absolute atomic E-state index is 12.5. The minimum atomic E-state index is -0.122. The number of aryl methyl sites for hydroxylation is 1. The van der Waals surface area contributed by atoms with E-state index in [1.165, 1.54) is 5.56 Å². The van der Waals surface area contributed by atoms with E-state index < -0.39 is 0 Å². The number of para-hydroxylation sites is 3. The number of benzene rings is 3. The Morgan fingerprint density at radius 3 is 2.52 bits per heavy atom. The average Bonchev–Trinajstić information content (AvgIpc) is 3.20. The first-order chi connectivity index (χ1) is 15.2. The number of hydrogen-bond acceptors (Lipinski definition) is 3. The van der Waals surface area contributed by atoms with Crippen molar-refractivity contribution in [1.29, 1.82) is 0 Å². The highest BCUT2D eigenvalue weighted by atomic mass is 16.5. The predicted octanol–water partition coefficient (Wildman–Crippen LogP) is 5.02. The van der Waals surface area contributed by atoms with E-state index >= 15 is 0 Å². The molecule has 5 nitrogen and oxygen atoms in total. The first-order valence-electron chi connectivity index (χ1n) is 10.6. The minimum absolute atomic E-state index is 0.122. The van der Waals surface area contributed by atoms with Crippen LogP contribution in [0.1, 0.15) is 41.1 Å². The quantitative estimate of drug-likeness (QED) is 0.413. The monoisotopic (exact) mass is 413 g/mol. The van der Waals surface area contributed by atoms with Crippen molar-refractivity contribution in [2.75, 3.05) is 13.7 Å². The van der Waals surface area contributed by atoms with Crippen molar-refractivity contribution in [3.8, 4) is 5.75 Å². The van der Waals surface area contributed by atoms with Crippen LogP contribution in [0.15, 0.2) is 78.9 Å². The van der Waals surface area contributed by atoms with Crippen molar-refractivity contribution in [2.45, 2.75) is 25.8 Å². The van der Waals surface area contributed by atoms with E-state index in [2.05, 4.69) is 59.3 Å². The number of rotatable bonds is 8. The highest BCUT2D eigenvalue weighted by Gasteiger charge is 2.17. The van der Waals surface area contributed by atoms with Crippen LogP contribution in [0.4, 0.5) is 0 Å². The topological polar surface area (TPSA) is 56.1 Å². The Morgan fingerprint density at radius 2 is 1.71 bits per heavy atom. The summed E-state index contributed by atoms with van der Waals surface area (Å²) in [6.45, 7) is 2.77. The van der Waals surface area contributed by atoms with E-state index in [1.807, 2.05) is 24.3 Å². The molecule has 1 atom stereocenters. The Labute approximate surface area is 182 Å². The number of nitrogens with zero attached hydrogens (tertiary/aromatic N) is 2. The maximum atomic E-state index is 12.5. The van der Waals surface area contributed by atoms with Crippen LogP contribution in [0, 0.1) is 0 Å². The van der Waals surface area contributed by atoms with E-state index in [-0.39, 0.29) is 11.9 Å². The van der Waals surface area contributed by atoms with Crippen LogP contribution in [-0.4, -0.2) is 29.1 Å². The first-order valence-corrected chi connectivity index (χ1v) is 10.6. The Balaban J connectivity index is 1.48. The number of fused-ring (bicyclic) bond motifs is 1. The van der Waals surface area contributed by atoms with E-state index in [9.17, 15) is 4.79 Å². The Kier molecular flexibility index (Phi) is 6.32. The number of imidazole rings is 1. The Bertz CT molecular complexity index is 1170. The first kappa shape index (κ1) is 20.7. The lowest BCUT2D eigenvalue weighted by Gasteiger charge is -2.18. The molecule has 0 spiro atoms. The second kappa shape index (κ2) is 9.47. The molecular formula is C26H27N3O2. The molecule has 1 aromatic heterocycles. The van der Waals surface area contributed by atoms with Crippen molar-refractivity contribution < 1.29 is 9.53 Å². The number of carbonyl (C=O) groups excluding carboxylic acids is 1. The third-order valence-electron chi connectivity index (χ3n) is 5.55. The van der Waals surface area contributed by atoms with Gasteiger partial charge in [-0.1, -0.05) is 54.6 Å². The smallest absolute Gasteiger partial charge is 0.255 e. The van der Waals surface area contributed by atoms with Crippen molar-refractivity contribution in [2.24, 2.45) is 0 Å². The van der Waals surface area contributed by atoms with Gasteiger partial charge in [0.2, 0.25) is 0 Å². The van der Waals surface area contributed by atoms with Crippen LogP contribution in [0.5, 0.6) is 5.75 Å². The molecule has 0 bridgehead atoms. The second-order valence-corrected chi connectivity index (χ2v) is 7.53. The molecule has 1 unspecified atom stereocenters. The van der Waals surface area contributed by atoms with Crippen molar-refractivity contribution >= 4 is 16.9 Å². The summed E-state index contributed by atoms with van der Waals surface area (Å²) in [7, 11) is 1.57. The average molecular weight is 414 g/mol. The largest absolute Gasteiger partial charge is 0.496 e. The summed E-state index contributed by atoms with van der Waals surface area (Å²) in [6, 6.07) is 26.1. The van der Waals surface area contributed by atoms with Crippen molar-refractivity contribution in [1.82, 2.24) is 14.9 Å². The molecule has 0 aliphatic rings. The summed E-state index contributed by atoms with van der Waals surface area (Å²) in [5, 5.41) is 3.00. The molecule has 0 fully saturated rings. The molecule has 0 aliphatic carbocycles. The van der Waals surface area contributed by atoms with Crippen LogP contribution in [0.25, 0.3) is 11.0 Å². The van der Waals surface area contributed by atoms with Gasteiger partial charge < -0.3 is 14.6 Å². The predicted molar refractivity (Wildman–Crippen MR) is 124 cm³/mol. The molecule has 31 heavy (non-hydrogen) atoms. The zero-order valence-electron chi connectivity index (χ0n) is 17.9. The number of aromatic nitrogens is 2. The summed E-state index contributed by atoms with van der Waals surface area (Å²) in [4.78, 5) is 17.4. The number of amides is 1. The summed E-state index contributed by atoms with van der Waals surface area (Å²) in [6.07, 6.45) is 1.57. The summed E-state index contributed by atoms with van der Waals surface area (Å²) in [5.41, 5.74) is 3.93. The number of nitrogens with one attached hydrogen (secondary N) is 1. The standard InChI is InChI=1S/C26H27N3O2/c1-19(20-11-4-3-5-12-20)29-23-15-8-7-14-22(23)28-25(29)17-10-18-27-26(30)21-13-6-9-16-24(21)31-2/h3-9,11-16,19H,10,17-18H2,1-2H3,(H,27,30). The number of hydrogen-bond donors (Lipinski definition) is 1. The van der Waals surface area contributed by atoms with Crippen LogP contribution in [0.2, 0.25) is 0 Å². The number of carbonyl (C=O) groups is 1. The third kappa shape index (κ3) is 4.45. The lowest BCUT2D eigenvalue weighted by molar-refractivity contribution is 0.0950. The van der Waals surface area contributed by atoms with Gasteiger partial charge in [0.15, 0.2) is 0 Å². The fourth-order valence-corrected chi connectivity index (χ4v) is 3.96. The Morgan fingerprint density at radius 1 is 1.00 bits per heavy atom. The highest BCUT2D eigenvalue weighted by Crippen LogP contribution is 2.26. The highest BCUT2D eigenvalue weighted by molar-refractivity contribution is 5.96. The van der Waals surface area contributed by atoms with Crippen molar-refractivity contribution in [3.63, 3.8) is 0 Å². The third-order valence-corrected chi connectivity index (χ3v) is 5.55. The van der Waals surface area contributed by atoms with E-state index in [0.717, 1.165) is 29.7 Å². The van der Waals surface area contributed by atoms with Gasteiger partial charge >= 0.3 is 0 Å². The molecule has 1 heterocycles. The van der Waals surface area contributed by atoms with Gasteiger partial charge in [-0.05, 0) is 43.2 Å². The summed E-state index contributed by atoms with van der Waals surface area (Å²) >= 11 is 0. The molecule has 3 aromatic carbocycles. The normalized spacial score (nSPS) is 11.9. The number of ether oxygens (including phenoxy) is 1. The zero-order valence-corrected chi connectivity index (χ0v) is 17.9. The van der Waals surface area contributed by atoms with Gasteiger partial charge in [-0.15, -0.1) is 0 Å². The van der Waals surface area contributed by atoms with Gasteiger partial charge in [0.1, 0.15) is 11.6 Å². The van der Waals surface area contributed by atoms with Gasteiger partial charge in [-0.2, -0.15) is 0 Å². The van der Waals surface area contributed by atoms with Crippen molar-refractivity contribution in [3.05, 3.63) is 95.8 Å². The summed E-state index contributed by atoms with van der Waals surface area (Å²) < 4.78 is 7.60. The molecule has 0 saturated heterocycles. The molecule has 4 rings (SSSR count). The van der Waals surface area contributed by atoms with Gasteiger partial charge in [0, 0.05) is 13.0 Å².